The Hall–Kier alpha value is -3.58. The molecule has 0 radical (unpaired) electrons. The smallest absolute Gasteiger partial charge is 0.381 e. The number of halogens is 4. The van der Waals surface area contributed by atoms with Gasteiger partial charge in [0.1, 0.15) is 17.7 Å². The predicted molar refractivity (Wildman–Crippen MR) is 126 cm³/mol. The molecule has 0 aliphatic carbocycles. The van der Waals surface area contributed by atoms with E-state index in [4.69, 9.17) is 17.3 Å². The van der Waals surface area contributed by atoms with Crippen molar-refractivity contribution >= 4 is 40.3 Å². The van der Waals surface area contributed by atoms with Gasteiger partial charge in [-0.2, -0.15) is 13.2 Å². The van der Waals surface area contributed by atoms with E-state index in [0.717, 1.165) is 0 Å². The largest absolute Gasteiger partial charge is 0.418 e. The first-order chi connectivity index (χ1) is 17.0. The maximum absolute atomic E-state index is 13.7. The van der Waals surface area contributed by atoms with Crippen molar-refractivity contribution in [2.45, 2.75) is 37.6 Å². The molecular weight excluding hydrogens is 501 g/mol. The van der Waals surface area contributed by atoms with E-state index in [9.17, 15) is 23.1 Å². The van der Waals surface area contributed by atoms with Gasteiger partial charge in [-0.1, -0.05) is 11.6 Å². The number of pyridine rings is 1. The highest BCUT2D eigenvalue weighted by Gasteiger charge is 2.55. The van der Waals surface area contributed by atoms with E-state index in [-0.39, 0.29) is 30.0 Å². The minimum Gasteiger partial charge on any atom is -0.381 e. The van der Waals surface area contributed by atoms with Crippen LogP contribution in [0, 0.1) is 0 Å². The molecule has 2 unspecified atom stereocenters. The number of piperidine rings is 1. The summed E-state index contributed by atoms with van der Waals surface area (Å²) in [5.41, 5.74) is 4.33. The molecule has 1 amide bonds. The average Bonchev–Trinajstić information content (AvgIpc) is 3.42. The Bertz CT molecular complexity index is 1470. The molecule has 0 spiro atoms. The third-order valence-electron chi connectivity index (χ3n) is 6.41. The van der Waals surface area contributed by atoms with Crippen molar-refractivity contribution in [2.75, 3.05) is 23.7 Å². The van der Waals surface area contributed by atoms with E-state index in [1.807, 2.05) is 0 Å². The SMILES string of the molecule is CC(NC(=O)c1c(N)nn2cccnc12)c1cc(Cl)c2cncn2c1N1CCCC(O)(C(F)(F)F)C1. The van der Waals surface area contributed by atoms with Crippen molar-refractivity contribution in [1.82, 2.24) is 29.3 Å². The molecule has 1 aliphatic heterocycles. The second-order valence-electron chi connectivity index (χ2n) is 8.82. The lowest BCUT2D eigenvalue weighted by atomic mass is 9.91. The molecule has 2 atom stereocenters. The van der Waals surface area contributed by atoms with Gasteiger partial charge in [-0.25, -0.2) is 14.5 Å². The summed E-state index contributed by atoms with van der Waals surface area (Å²) < 4.78 is 44.0. The molecule has 36 heavy (non-hydrogen) atoms. The number of hydrogen-bond acceptors (Lipinski definition) is 7. The minimum atomic E-state index is -4.81. The number of nitrogen functional groups attached to an aromatic ring is 1. The highest BCUT2D eigenvalue weighted by atomic mass is 35.5. The van der Waals surface area contributed by atoms with Gasteiger partial charge < -0.3 is 21.1 Å². The number of hydrogen-bond donors (Lipinski definition) is 3. The van der Waals surface area contributed by atoms with Crippen LogP contribution in [0.5, 0.6) is 0 Å². The van der Waals surface area contributed by atoms with Gasteiger partial charge in [0, 0.05) is 24.5 Å². The quantitative estimate of drug-likeness (QED) is 0.376. The molecule has 4 N–H and O–H groups in total. The maximum Gasteiger partial charge on any atom is 0.418 e. The summed E-state index contributed by atoms with van der Waals surface area (Å²) in [6.07, 6.45) is 0.921. The number of anilines is 2. The van der Waals surface area contributed by atoms with Crippen molar-refractivity contribution in [2.24, 2.45) is 0 Å². The number of carbonyl (C=O) groups is 1. The summed E-state index contributed by atoms with van der Waals surface area (Å²) in [5.74, 6) is -0.243. The Morgan fingerprint density at radius 3 is 2.92 bits per heavy atom. The molecule has 4 aromatic rings. The number of β-amino-alcohol motifs (C(OH)–C–C–N with tert-alkyl or cyclic N) is 1. The normalized spacial score (nSPS) is 19.7. The number of aliphatic hydroxyl groups is 1. The van der Waals surface area contributed by atoms with Gasteiger partial charge in [-0.3, -0.25) is 9.20 Å². The number of rotatable bonds is 4. The Labute approximate surface area is 207 Å². The summed E-state index contributed by atoms with van der Waals surface area (Å²) in [6.45, 7) is 1.25. The first-order valence-electron chi connectivity index (χ1n) is 11.1. The first kappa shape index (κ1) is 24.1. The first-order valence-corrected chi connectivity index (χ1v) is 11.5. The van der Waals surface area contributed by atoms with Crippen LogP contribution < -0.4 is 16.0 Å². The predicted octanol–water partition coefficient (Wildman–Crippen LogP) is 3.00. The van der Waals surface area contributed by atoms with Crippen LogP contribution in [0.2, 0.25) is 5.02 Å². The van der Waals surface area contributed by atoms with Gasteiger partial charge in [0.2, 0.25) is 0 Å². The highest BCUT2D eigenvalue weighted by Crippen LogP contribution is 2.41. The lowest BCUT2D eigenvalue weighted by Crippen LogP contribution is -2.57. The fraction of sp³-hybridized carbons (Fsp3) is 0.364. The zero-order valence-corrected chi connectivity index (χ0v) is 19.8. The molecular formula is C22H22ClF3N8O2. The Morgan fingerprint density at radius 1 is 1.39 bits per heavy atom. The highest BCUT2D eigenvalue weighted by molar-refractivity contribution is 6.34. The molecule has 14 heteroatoms. The van der Waals surface area contributed by atoms with Crippen molar-refractivity contribution < 1.29 is 23.1 Å². The number of nitrogens with two attached hydrogens (primary N) is 1. The van der Waals surface area contributed by atoms with Crippen LogP contribution in [0.3, 0.4) is 0 Å². The van der Waals surface area contributed by atoms with Crippen LogP contribution >= 0.6 is 11.6 Å². The second kappa shape index (κ2) is 8.52. The number of nitrogens with zero attached hydrogens (tertiary/aromatic N) is 6. The molecule has 190 valence electrons. The van der Waals surface area contributed by atoms with Crippen molar-refractivity contribution in [3.8, 4) is 0 Å². The molecule has 1 fully saturated rings. The van der Waals surface area contributed by atoms with Crippen LogP contribution in [0.4, 0.5) is 24.8 Å². The van der Waals surface area contributed by atoms with Gasteiger partial charge in [-0.05, 0) is 31.9 Å². The molecule has 0 aromatic carbocycles. The van der Waals surface area contributed by atoms with Gasteiger partial charge >= 0.3 is 6.18 Å². The standard InChI is InChI=1S/C22H22ClF3N8O2/c1-12(30-19(35)16-17(27)31-34-7-3-5-29-18(16)34)13-8-14(23)15-9-28-11-33(15)20(13)32-6-2-4-21(36,10-32)22(24,25)26/h3,5,7-9,11-12,36H,2,4,6,10H2,1H3,(H2,27,31)(H,30,35). The van der Waals surface area contributed by atoms with Crippen molar-refractivity contribution in [3.63, 3.8) is 0 Å². The average molecular weight is 523 g/mol. The third kappa shape index (κ3) is 3.88. The molecule has 1 saturated heterocycles. The second-order valence-corrected chi connectivity index (χ2v) is 9.23. The van der Waals surface area contributed by atoms with Gasteiger partial charge in [-0.15, -0.1) is 5.10 Å². The van der Waals surface area contributed by atoms with Crippen molar-refractivity contribution in [3.05, 3.63) is 53.2 Å². The summed E-state index contributed by atoms with van der Waals surface area (Å²) in [7, 11) is 0. The summed E-state index contributed by atoms with van der Waals surface area (Å²) >= 11 is 6.46. The van der Waals surface area contributed by atoms with Crippen molar-refractivity contribution in [1.29, 1.82) is 0 Å². The van der Waals surface area contributed by atoms with Crippen LogP contribution in [0.25, 0.3) is 11.2 Å². The van der Waals surface area contributed by atoms with Gasteiger partial charge in [0.05, 0.1) is 29.3 Å². The zero-order valence-electron chi connectivity index (χ0n) is 19.0. The van der Waals surface area contributed by atoms with E-state index >= 15 is 0 Å². The van der Waals surface area contributed by atoms with Gasteiger partial charge in [0.25, 0.3) is 5.91 Å². The number of imidazole rings is 1. The molecule has 4 aromatic heterocycles. The fourth-order valence-corrected chi connectivity index (χ4v) is 4.88. The topological polar surface area (TPSA) is 126 Å². The third-order valence-corrected chi connectivity index (χ3v) is 6.72. The molecule has 5 heterocycles. The number of amides is 1. The molecule has 1 aliphatic rings. The number of aromatic nitrogens is 5. The monoisotopic (exact) mass is 522 g/mol. The lowest BCUT2D eigenvalue weighted by molar-refractivity contribution is -0.261. The number of carbonyl (C=O) groups excluding carboxylic acids is 1. The van der Waals surface area contributed by atoms with E-state index in [0.29, 0.717) is 21.9 Å². The van der Waals surface area contributed by atoms with Gasteiger partial charge in [0.15, 0.2) is 17.1 Å². The van der Waals surface area contributed by atoms with E-state index in [1.54, 1.807) is 29.7 Å². The maximum atomic E-state index is 13.7. The lowest BCUT2D eigenvalue weighted by Gasteiger charge is -2.42. The molecule has 0 bridgehead atoms. The summed E-state index contributed by atoms with van der Waals surface area (Å²) in [5, 5.41) is 17.6. The number of fused-ring (bicyclic) bond motifs is 2. The van der Waals surface area contributed by atoms with Crippen LogP contribution in [-0.2, 0) is 0 Å². The van der Waals surface area contributed by atoms with E-state index in [2.05, 4.69) is 20.4 Å². The Balaban J connectivity index is 1.55. The Kier molecular flexibility index (Phi) is 5.71. The number of nitrogens with one attached hydrogen (secondary N) is 1. The van der Waals surface area contributed by atoms with Crippen LogP contribution in [0.1, 0.15) is 41.7 Å². The molecule has 5 rings (SSSR count). The summed E-state index contributed by atoms with van der Waals surface area (Å²) in [6, 6.07) is 2.49. The summed E-state index contributed by atoms with van der Waals surface area (Å²) in [4.78, 5) is 22.9. The zero-order chi connectivity index (χ0) is 25.8. The minimum absolute atomic E-state index is 0.0204. The van der Waals surface area contributed by atoms with E-state index in [1.165, 1.54) is 28.1 Å². The molecule has 0 saturated carbocycles. The van der Waals surface area contributed by atoms with E-state index < -0.39 is 36.7 Å². The molecule has 10 nitrogen and oxygen atoms in total. The number of alkyl halides is 3. The van der Waals surface area contributed by atoms with Crippen LogP contribution in [-0.4, -0.2) is 59.9 Å². The fourth-order valence-electron chi connectivity index (χ4n) is 4.62. The van der Waals surface area contributed by atoms with Crippen LogP contribution in [0.15, 0.2) is 37.1 Å². The Morgan fingerprint density at radius 2 is 2.17 bits per heavy atom.